The summed E-state index contributed by atoms with van der Waals surface area (Å²) in [5.74, 6) is -0.342. The predicted molar refractivity (Wildman–Crippen MR) is 213 cm³/mol. The number of likely N-dealkylation sites (N-methyl/N-ethyl adjacent to an activating group) is 1. The molecule has 1 unspecified atom stereocenters. The van der Waals surface area contributed by atoms with E-state index >= 15 is 0 Å². The summed E-state index contributed by atoms with van der Waals surface area (Å²) < 4.78 is 34.5. The summed E-state index contributed by atoms with van der Waals surface area (Å²) in [5, 5.41) is 0. The van der Waals surface area contributed by atoms with Gasteiger partial charge < -0.3 is 27.9 Å². The lowest BCUT2D eigenvalue weighted by atomic mass is 10.0. The highest BCUT2D eigenvalue weighted by Crippen LogP contribution is 2.38. The van der Waals surface area contributed by atoms with Crippen LogP contribution in [0, 0.1) is 0 Å². The molecule has 0 aromatic rings. The minimum Gasteiger partial charge on any atom is -0.756 e. The van der Waals surface area contributed by atoms with Gasteiger partial charge in [-0.1, -0.05) is 167 Å². The lowest BCUT2D eigenvalue weighted by Gasteiger charge is -2.28. The molecule has 0 aliphatic carbocycles. The molecular formula is C42H84NO7P. The largest absolute Gasteiger partial charge is 0.756 e. The quantitative estimate of drug-likeness (QED) is 0.0203. The van der Waals surface area contributed by atoms with Crippen molar-refractivity contribution in [3.63, 3.8) is 0 Å². The van der Waals surface area contributed by atoms with E-state index in [4.69, 9.17) is 18.5 Å². The van der Waals surface area contributed by atoms with Gasteiger partial charge in [0, 0.05) is 13.0 Å². The van der Waals surface area contributed by atoms with Crippen LogP contribution in [0.15, 0.2) is 12.2 Å². The van der Waals surface area contributed by atoms with Gasteiger partial charge in [-0.05, 0) is 32.1 Å². The zero-order valence-electron chi connectivity index (χ0n) is 34.3. The fourth-order valence-electron chi connectivity index (χ4n) is 5.94. The van der Waals surface area contributed by atoms with Crippen LogP contribution >= 0.6 is 7.82 Å². The number of hydrogen-bond donors (Lipinski definition) is 0. The van der Waals surface area contributed by atoms with Crippen LogP contribution in [0.5, 0.6) is 0 Å². The van der Waals surface area contributed by atoms with E-state index in [-0.39, 0.29) is 25.8 Å². The molecule has 0 aromatic heterocycles. The van der Waals surface area contributed by atoms with Crippen molar-refractivity contribution in [1.82, 2.24) is 0 Å². The van der Waals surface area contributed by atoms with E-state index in [2.05, 4.69) is 26.0 Å². The Balaban J connectivity index is 4.16. The van der Waals surface area contributed by atoms with Crippen molar-refractivity contribution in [2.45, 2.75) is 200 Å². The molecule has 0 fully saturated rings. The number of quaternary nitrogens is 1. The molecule has 0 N–H and O–H groups in total. The second-order valence-corrected chi connectivity index (χ2v) is 17.1. The fraction of sp³-hybridized carbons (Fsp3) is 0.929. The van der Waals surface area contributed by atoms with Crippen molar-refractivity contribution in [3.05, 3.63) is 12.2 Å². The van der Waals surface area contributed by atoms with Gasteiger partial charge in [0.1, 0.15) is 19.3 Å². The first-order chi connectivity index (χ1) is 24.6. The highest BCUT2D eigenvalue weighted by atomic mass is 31.2. The normalized spacial score (nSPS) is 13.9. The van der Waals surface area contributed by atoms with E-state index < -0.39 is 13.9 Å². The Kier molecular flexibility index (Phi) is 35.7. The minimum absolute atomic E-state index is 0.0275. The maximum atomic E-state index is 12.6. The van der Waals surface area contributed by atoms with Crippen molar-refractivity contribution in [1.29, 1.82) is 0 Å². The van der Waals surface area contributed by atoms with Crippen LogP contribution in [0.25, 0.3) is 0 Å². The third-order valence-electron chi connectivity index (χ3n) is 9.32. The molecule has 304 valence electrons. The molecule has 0 radical (unpaired) electrons. The van der Waals surface area contributed by atoms with E-state index in [9.17, 15) is 14.3 Å². The molecule has 51 heavy (non-hydrogen) atoms. The summed E-state index contributed by atoms with van der Waals surface area (Å²) in [4.78, 5) is 24.9. The summed E-state index contributed by atoms with van der Waals surface area (Å²) >= 11 is 0. The van der Waals surface area contributed by atoms with Gasteiger partial charge in [-0.25, -0.2) is 0 Å². The van der Waals surface area contributed by atoms with E-state index in [1.807, 2.05) is 21.1 Å². The molecule has 0 spiro atoms. The topological polar surface area (TPSA) is 94.1 Å². The maximum absolute atomic E-state index is 12.6. The van der Waals surface area contributed by atoms with E-state index in [1.54, 1.807) is 0 Å². The van der Waals surface area contributed by atoms with Crippen molar-refractivity contribution in [3.8, 4) is 0 Å². The predicted octanol–water partition coefficient (Wildman–Crippen LogP) is 11.6. The number of nitrogens with zero attached hydrogens (tertiary/aromatic N) is 1. The zero-order chi connectivity index (χ0) is 37.7. The number of rotatable bonds is 40. The number of allylic oxidation sites excluding steroid dienone is 2. The summed E-state index contributed by atoms with van der Waals surface area (Å²) in [6, 6.07) is 0. The van der Waals surface area contributed by atoms with Crippen LogP contribution < -0.4 is 4.89 Å². The van der Waals surface area contributed by atoms with Crippen LogP contribution in [0.1, 0.15) is 194 Å². The van der Waals surface area contributed by atoms with Crippen LogP contribution in [-0.4, -0.2) is 70.7 Å². The monoisotopic (exact) mass is 746 g/mol. The molecule has 0 aromatic carbocycles. The van der Waals surface area contributed by atoms with Gasteiger partial charge in [0.25, 0.3) is 7.82 Å². The molecule has 0 rings (SSSR count). The first kappa shape index (κ1) is 50.2. The summed E-state index contributed by atoms with van der Waals surface area (Å²) in [6.45, 7) is 5.39. The summed E-state index contributed by atoms with van der Waals surface area (Å²) in [6.07, 6.45) is 37.9. The molecule has 0 bridgehead atoms. The molecule has 0 aliphatic heterocycles. The Morgan fingerprint density at radius 2 is 1.04 bits per heavy atom. The molecular weight excluding hydrogens is 661 g/mol. The van der Waals surface area contributed by atoms with E-state index in [1.165, 1.54) is 128 Å². The number of phosphoric acid groups is 1. The van der Waals surface area contributed by atoms with Crippen LogP contribution in [0.4, 0.5) is 0 Å². The van der Waals surface area contributed by atoms with Gasteiger partial charge in [-0.2, -0.15) is 0 Å². The van der Waals surface area contributed by atoms with Crippen LogP contribution in [0.3, 0.4) is 0 Å². The van der Waals surface area contributed by atoms with Gasteiger partial charge >= 0.3 is 5.97 Å². The van der Waals surface area contributed by atoms with Gasteiger partial charge in [0.2, 0.25) is 0 Å². The molecule has 0 saturated heterocycles. The smallest absolute Gasteiger partial charge is 0.306 e. The standard InChI is InChI=1S/C42H84NO7P/c1-6-8-10-12-14-16-18-19-20-21-22-23-24-26-28-30-32-34-37-47-39-41(40-49-51(45,46)48-38-36-43(3,4)5)50-42(44)35-33-31-29-27-25-17-15-13-11-9-7-2/h13,15,41H,6-12,14,16-40H2,1-5H3/b15-13-/t41-/m1/s1. The van der Waals surface area contributed by atoms with Crippen molar-refractivity contribution in [2.75, 3.05) is 54.1 Å². The molecule has 9 heteroatoms. The Morgan fingerprint density at radius 3 is 1.55 bits per heavy atom. The average molecular weight is 746 g/mol. The maximum Gasteiger partial charge on any atom is 0.306 e. The number of unbranched alkanes of at least 4 members (excludes halogenated alkanes) is 24. The summed E-state index contributed by atoms with van der Waals surface area (Å²) in [5.41, 5.74) is 0. The molecule has 0 heterocycles. The lowest BCUT2D eigenvalue weighted by molar-refractivity contribution is -0.870. The number of phosphoric ester groups is 1. The van der Waals surface area contributed by atoms with E-state index in [0.717, 1.165) is 44.9 Å². The van der Waals surface area contributed by atoms with Gasteiger partial charge in [0.15, 0.2) is 0 Å². The minimum atomic E-state index is -4.52. The second-order valence-electron chi connectivity index (χ2n) is 15.7. The molecule has 0 saturated carbocycles. The zero-order valence-corrected chi connectivity index (χ0v) is 35.2. The van der Waals surface area contributed by atoms with Crippen molar-refractivity contribution >= 4 is 13.8 Å². The molecule has 0 aliphatic rings. The molecule has 8 nitrogen and oxygen atoms in total. The number of carbonyl (C=O) groups excluding carboxylic acids is 1. The first-order valence-corrected chi connectivity index (χ1v) is 22.9. The van der Waals surface area contributed by atoms with Gasteiger partial charge in [-0.15, -0.1) is 0 Å². The highest BCUT2D eigenvalue weighted by Gasteiger charge is 2.20. The third-order valence-corrected chi connectivity index (χ3v) is 10.3. The Labute approximate surface area is 316 Å². The summed E-state index contributed by atoms with van der Waals surface area (Å²) in [7, 11) is 1.36. The average Bonchev–Trinajstić information content (AvgIpc) is 3.08. The lowest BCUT2D eigenvalue weighted by Crippen LogP contribution is -2.37. The second kappa shape index (κ2) is 36.2. The number of hydrogen-bond acceptors (Lipinski definition) is 7. The van der Waals surface area contributed by atoms with Crippen molar-refractivity contribution in [2.24, 2.45) is 0 Å². The number of ether oxygens (including phenoxy) is 2. The van der Waals surface area contributed by atoms with Crippen LogP contribution in [-0.2, 0) is 27.9 Å². The number of esters is 1. The SMILES string of the molecule is CCCC/C=C\CCCCCCCC(=O)O[C@H](COCCCCCCCCCCCCCCCCCCCC)COP(=O)([O-])OCC[N+](C)(C)C. The third kappa shape index (κ3) is 40.3. The Morgan fingerprint density at radius 1 is 0.588 bits per heavy atom. The van der Waals surface area contributed by atoms with E-state index in [0.29, 0.717) is 24.1 Å². The Hall–Kier alpha value is -0.760. The fourth-order valence-corrected chi connectivity index (χ4v) is 6.67. The molecule has 0 amide bonds. The van der Waals surface area contributed by atoms with Gasteiger partial charge in [-0.3, -0.25) is 9.36 Å². The Bertz CT molecular complexity index is 833. The highest BCUT2D eigenvalue weighted by molar-refractivity contribution is 7.45. The number of carbonyl (C=O) groups is 1. The van der Waals surface area contributed by atoms with Crippen molar-refractivity contribution < 1.29 is 37.3 Å². The first-order valence-electron chi connectivity index (χ1n) is 21.4. The molecule has 2 atom stereocenters. The van der Waals surface area contributed by atoms with Crippen LogP contribution in [0.2, 0.25) is 0 Å². The van der Waals surface area contributed by atoms with Gasteiger partial charge in [0.05, 0.1) is 34.4 Å².